The van der Waals surface area contributed by atoms with Crippen LogP contribution >= 0.6 is 0 Å². The number of hydrogen-bond donors (Lipinski definition) is 0. The third kappa shape index (κ3) is 6.25. The van der Waals surface area contributed by atoms with Gasteiger partial charge in [0, 0.05) is 12.4 Å². The number of halogens is 1. The number of rotatable bonds is 6. The molecule has 1 radical (unpaired) electrons. The van der Waals surface area contributed by atoms with E-state index in [-0.39, 0.29) is 41.0 Å². The fourth-order valence-corrected chi connectivity index (χ4v) is 2.46. The van der Waals surface area contributed by atoms with Crippen molar-refractivity contribution in [2.24, 2.45) is 9.98 Å². The summed E-state index contributed by atoms with van der Waals surface area (Å²) in [6.07, 6.45) is 2.98. The number of hydrogen-bond acceptors (Lipinski definition) is 6. The predicted molar refractivity (Wildman–Crippen MR) is 106 cm³/mol. The molecule has 3 aromatic rings. The van der Waals surface area contributed by atoms with Gasteiger partial charge in [0.25, 0.3) is 0 Å². The Morgan fingerprint density at radius 2 is 1.10 bits per heavy atom. The van der Waals surface area contributed by atoms with Crippen LogP contribution < -0.4 is 32.1 Å². The van der Waals surface area contributed by atoms with E-state index in [0.717, 1.165) is 0 Å². The molecule has 6 nitrogen and oxygen atoms in total. The topological polar surface area (TPSA) is 89.3 Å². The minimum atomic E-state index is -0.182. The van der Waals surface area contributed by atoms with Gasteiger partial charge in [0.05, 0.1) is 25.6 Å². The van der Waals surface area contributed by atoms with Gasteiger partial charge < -0.3 is 32.1 Å². The summed E-state index contributed by atoms with van der Waals surface area (Å²) in [6, 6.07) is 16.7. The minimum Gasteiger partial charge on any atom is -1.00 e. The maximum atomic E-state index is 12.1. The van der Waals surface area contributed by atoms with E-state index in [2.05, 4.69) is 9.98 Å². The Labute approximate surface area is 191 Å². The van der Waals surface area contributed by atoms with Crippen LogP contribution in [0, 0.1) is 0 Å². The van der Waals surface area contributed by atoms with Gasteiger partial charge in [-0.1, -0.05) is 35.8 Å². The zero-order valence-corrected chi connectivity index (χ0v) is 18.0. The van der Waals surface area contributed by atoms with Crippen LogP contribution in [-0.2, 0) is 17.1 Å². The molecule has 0 N–H and O–H groups in total. The van der Waals surface area contributed by atoms with E-state index in [1.165, 1.54) is 38.8 Å². The van der Waals surface area contributed by atoms with Crippen LogP contribution in [0.4, 0.5) is 11.4 Å². The monoisotopic (exact) mass is 465 g/mol. The molecule has 0 fully saturated rings. The van der Waals surface area contributed by atoms with E-state index in [0.29, 0.717) is 34.0 Å². The second-order valence-corrected chi connectivity index (χ2v) is 5.81. The Morgan fingerprint density at radius 3 is 1.43 bits per heavy atom. The molecule has 0 saturated carbocycles. The SMILES string of the molecule is COc1ccc(C=Nc2ccccc2N=Cc2ccc(OC)cc2[O-])c([O-])c1.[Cl-].[Fe+3]. The summed E-state index contributed by atoms with van der Waals surface area (Å²) in [5.74, 6) is 0.636. The molecule has 0 amide bonds. The summed E-state index contributed by atoms with van der Waals surface area (Å²) in [6.45, 7) is 0. The fourth-order valence-electron chi connectivity index (χ4n) is 2.46. The molecule has 0 saturated heterocycles. The average molecular weight is 466 g/mol. The van der Waals surface area contributed by atoms with E-state index >= 15 is 0 Å². The first kappa shape index (κ1) is 25.0. The van der Waals surface area contributed by atoms with Gasteiger partial charge in [-0.25, -0.2) is 0 Å². The van der Waals surface area contributed by atoms with Crippen molar-refractivity contribution in [3.8, 4) is 23.0 Å². The van der Waals surface area contributed by atoms with Gasteiger partial charge in [-0.05, 0) is 47.5 Å². The zero-order chi connectivity index (χ0) is 19.9. The van der Waals surface area contributed by atoms with Gasteiger partial charge in [0.1, 0.15) is 11.5 Å². The summed E-state index contributed by atoms with van der Waals surface area (Å²) < 4.78 is 10.1. The van der Waals surface area contributed by atoms with Gasteiger partial charge in [-0.15, -0.1) is 0 Å². The molecule has 0 atom stereocenters. The van der Waals surface area contributed by atoms with Crippen molar-refractivity contribution in [3.63, 3.8) is 0 Å². The summed E-state index contributed by atoms with van der Waals surface area (Å²) in [5.41, 5.74) is 2.04. The van der Waals surface area contributed by atoms with Crippen LogP contribution in [0.1, 0.15) is 11.1 Å². The van der Waals surface area contributed by atoms with Crippen molar-refractivity contribution in [3.05, 3.63) is 71.8 Å². The summed E-state index contributed by atoms with van der Waals surface area (Å²) in [5, 5.41) is 24.1. The first-order chi connectivity index (χ1) is 13.6. The van der Waals surface area contributed by atoms with Crippen molar-refractivity contribution < 1.29 is 49.2 Å². The molecule has 8 heteroatoms. The Bertz CT molecular complexity index is 959. The van der Waals surface area contributed by atoms with Crippen LogP contribution in [0.3, 0.4) is 0 Å². The minimum absolute atomic E-state index is 0. The van der Waals surface area contributed by atoms with E-state index < -0.39 is 0 Å². The first-order valence-electron chi connectivity index (χ1n) is 8.48. The number of para-hydroxylation sites is 2. The van der Waals surface area contributed by atoms with Crippen LogP contribution in [0.15, 0.2) is 70.6 Å². The maximum absolute atomic E-state index is 12.1. The summed E-state index contributed by atoms with van der Waals surface area (Å²) >= 11 is 0. The van der Waals surface area contributed by atoms with E-state index in [1.807, 2.05) is 12.1 Å². The van der Waals surface area contributed by atoms with E-state index in [9.17, 15) is 10.2 Å². The molecule has 0 bridgehead atoms. The molecule has 0 heterocycles. The standard InChI is InChI=1S/C22H20N2O4.ClH.Fe/c1-27-17-9-7-15(21(25)11-17)13-23-19-5-3-4-6-20(19)24-14-16-8-10-18(28-2)12-22(16)26;;/h3-14,25-26H,1-2H3;1H;/q;;+3/p-3. The van der Waals surface area contributed by atoms with Gasteiger partial charge in [-0.2, -0.15) is 0 Å². The number of methoxy groups -OCH3 is 2. The normalized spacial score (nSPS) is 10.5. The fraction of sp³-hybridized carbons (Fsp3) is 0.0909. The molecule has 3 aromatic carbocycles. The quantitative estimate of drug-likeness (QED) is 0.388. The Balaban J connectivity index is 0.00000225. The number of aliphatic imine (C=N–C) groups is 2. The van der Waals surface area contributed by atoms with Crippen molar-refractivity contribution in [1.82, 2.24) is 0 Å². The number of ether oxygens (including phenoxy) is 2. The van der Waals surface area contributed by atoms with Gasteiger partial charge in [0.15, 0.2) is 0 Å². The zero-order valence-electron chi connectivity index (χ0n) is 16.2. The Kier molecular flexibility index (Phi) is 9.92. The Hall–Kier alpha value is -2.99. The molecule has 0 spiro atoms. The number of benzene rings is 3. The van der Waals surface area contributed by atoms with Crippen LogP contribution in [0.5, 0.6) is 23.0 Å². The largest absolute Gasteiger partial charge is 3.00 e. The molecular formula is C22H18ClFeN2O4. The second-order valence-electron chi connectivity index (χ2n) is 5.81. The van der Waals surface area contributed by atoms with E-state index in [4.69, 9.17) is 9.47 Å². The Morgan fingerprint density at radius 1 is 0.700 bits per heavy atom. The third-order valence-corrected chi connectivity index (χ3v) is 4.01. The molecule has 3 rings (SSSR count). The van der Waals surface area contributed by atoms with Crippen molar-refractivity contribution >= 4 is 23.8 Å². The van der Waals surface area contributed by atoms with Crippen molar-refractivity contribution in [2.75, 3.05) is 14.2 Å². The molecule has 0 aliphatic heterocycles. The third-order valence-electron chi connectivity index (χ3n) is 4.01. The smallest absolute Gasteiger partial charge is 1.00 e. The maximum Gasteiger partial charge on any atom is 3.00 e. The molecule has 0 aromatic heterocycles. The molecular weight excluding hydrogens is 448 g/mol. The first-order valence-corrected chi connectivity index (χ1v) is 8.48. The average Bonchev–Trinajstić information content (AvgIpc) is 2.72. The van der Waals surface area contributed by atoms with Crippen LogP contribution in [0.25, 0.3) is 0 Å². The number of nitrogens with zero attached hydrogens (tertiary/aromatic N) is 2. The molecule has 155 valence electrons. The van der Waals surface area contributed by atoms with Gasteiger partial charge >= 0.3 is 17.1 Å². The molecule has 0 aliphatic carbocycles. The van der Waals surface area contributed by atoms with Crippen molar-refractivity contribution in [1.29, 1.82) is 0 Å². The van der Waals surface area contributed by atoms with Gasteiger partial charge in [0.2, 0.25) is 0 Å². The predicted octanol–water partition coefficient (Wildman–Crippen LogP) is 0.354. The summed E-state index contributed by atoms with van der Waals surface area (Å²) in [7, 11) is 3.01. The van der Waals surface area contributed by atoms with Gasteiger partial charge in [-0.3, -0.25) is 9.98 Å². The molecule has 0 aliphatic rings. The van der Waals surface area contributed by atoms with Crippen LogP contribution in [0.2, 0.25) is 0 Å². The van der Waals surface area contributed by atoms with E-state index in [1.54, 1.807) is 36.4 Å². The second kappa shape index (κ2) is 11.9. The van der Waals surface area contributed by atoms with Crippen molar-refractivity contribution in [2.45, 2.75) is 0 Å². The van der Waals surface area contributed by atoms with Crippen LogP contribution in [-0.4, -0.2) is 26.6 Å². The molecule has 30 heavy (non-hydrogen) atoms. The molecule has 0 unspecified atom stereocenters. The summed E-state index contributed by atoms with van der Waals surface area (Å²) in [4.78, 5) is 8.75.